The van der Waals surface area contributed by atoms with Gasteiger partial charge in [-0.1, -0.05) is 20.3 Å². The van der Waals surface area contributed by atoms with Crippen LogP contribution in [0.4, 0.5) is 0 Å². The molecule has 6 heteroatoms. The minimum atomic E-state index is 0.0179. The van der Waals surface area contributed by atoms with Gasteiger partial charge >= 0.3 is 0 Å². The Morgan fingerprint density at radius 3 is 2.58 bits per heavy atom. The summed E-state index contributed by atoms with van der Waals surface area (Å²) in [5.41, 5.74) is 0.318. The predicted molar refractivity (Wildman–Crippen MR) is 97.1 cm³/mol. The number of hydrogen-bond donors (Lipinski definition) is 3. The molecule has 138 valence electrons. The first kappa shape index (κ1) is 19.0. The summed E-state index contributed by atoms with van der Waals surface area (Å²) in [7, 11) is 0. The second-order valence-electron chi connectivity index (χ2n) is 7.17. The summed E-state index contributed by atoms with van der Waals surface area (Å²) in [6.07, 6.45) is 5.26. The average molecular weight is 338 g/mol. The number of carbonyl (C=O) groups excluding carboxylic acids is 1. The SMILES string of the molecule is CCNC(=NCCNC(=O)C(C)C)NC1CC(OCC)C12CCC2. The number of amides is 1. The van der Waals surface area contributed by atoms with Gasteiger partial charge in [0.1, 0.15) is 0 Å². The van der Waals surface area contributed by atoms with E-state index in [1.54, 1.807) is 0 Å². The largest absolute Gasteiger partial charge is 0.378 e. The quantitative estimate of drug-likeness (QED) is 0.357. The lowest BCUT2D eigenvalue weighted by molar-refractivity contribution is -0.168. The molecule has 0 aromatic heterocycles. The molecule has 2 unspecified atom stereocenters. The second-order valence-corrected chi connectivity index (χ2v) is 7.17. The third-order valence-electron chi connectivity index (χ3n) is 5.30. The van der Waals surface area contributed by atoms with E-state index in [4.69, 9.17) is 4.74 Å². The van der Waals surface area contributed by atoms with Crippen molar-refractivity contribution in [3.63, 3.8) is 0 Å². The van der Waals surface area contributed by atoms with Crippen molar-refractivity contribution in [2.24, 2.45) is 16.3 Å². The summed E-state index contributed by atoms with van der Waals surface area (Å²) >= 11 is 0. The molecule has 0 aromatic carbocycles. The first-order valence-electron chi connectivity index (χ1n) is 9.47. The topological polar surface area (TPSA) is 74.8 Å². The van der Waals surface area contributed by atoms with Crippen molar-refractivity contribution in [2.45, 2.75) is 65.5 Å². The Bertz CT molecular complexity index is 446. The summed E-state index contributed by atoms with van der Waals surface area (Å²) < 4.78 is 5.91. The Labute approximate surface area is 146 Å². The third kappa shape index (κ3) is 4.21. The van der Waals surface area contributed by atoms with E-state index in [0.717, 1.165) is 25.5 Å². The molecular formula is C18H34N4O2. The van der Waals surface area contributed by atoms with Crippen LogP contribution in [0.2, 0.25) is 0 Å². The lowest BCUT2D eigenvalue weighted by atomic mass is 9.51. The number of nitrogens with one attached hydrogen (secondary N) is 3. The van der Waals surface area contributed by atoms with Crippen molar-refractivity contribution in [2.75, 3.05) is 26.2 Å². The van der Waals surface area contributed by atoms with Crippen LogP contribution < -0.4 is 16.0 Å². The highest BCUT2D eigenvalue weighted by Crippen LogP contribution is 2.57. The number of hydrogen-bond acceptors (Lipinski definition) is 3. The summed E-state index contributed by atoms with van der Waals surface area (Å²) in [4.78, 5) is 16.2. The van der Waals surface area contributed by atoms with Crippen LogP contribution >= 0.6 is 0 Å². The molecule has 1 amide bonds. The Balaban J connectivity index is 1.82. The lowest BCUT2D eigenvalue weighted by Crippen LogP contribution is -2.68. The van der Waals surface area contributed by atoms with E-state index in [9.17, 15) is 4.79 Å². The van der Waals surface area contributed by atoms with Gasteiger partial charge in [0, 0.05) is 37.1 Å². The molecule has 0 radical (unpaired) electrons. The number of guanidine groups is 1. The van der Waals surface area contributed by atoms with Crippen LogP contribution in [0.3, 0.4) is 0 Å². The van der Waals surface area contributed by atoms with Crippen LogP contribution in [-0.2, 0) is 9.53 Å². The average Bonchev–Trinajstić information content (AvgIpc) is 2.48. The fourth-order valence-electron chi connectivity index (χ4n) is 3.68. The molecular weight excluding hydrogens is 304 g/mol. The molecule has 2 aliphatic rings. The highest BCUT2D eigenvalue weighted by atomic mass is 16.5. The van der Waals surface area contributed by atoms with Crippen LogP contribution in [0, 0.1) is 11.3 Å². The molecule has 0 aliphatic heterocycles. The van der Waals surface area contributed by atoms with Crippen LogP contribution in [0.1, 0.15) is 53.4 Å². The number of aliphatic imine (C=N–C) groups is 1. The van der Waals surface area contributed by atoms with Crippen molar-refractivity contribution in [1.29, 1.82) is 0 Å². The maximum absolute atomic E-state index is 11.6. The first-order chi connectivity index (χ1) is 11.5. The third-order valence-corrected chi connectivity index (χ3v) is 5.30. The molecule has 2 atom stereocenters. The normalized spacial score (nSPS) is 25.1. The second kappa shape index (κ2) is 8.70. The van der Waals surface area contributed by atoms with Gasteiger partial charge in [-0.3, -0.25) is 9.79 Å². The number of nitrogens with zero attached hydrogens (tertiary/aromatic N) is 1. The molecule has 3 N–H and O–H groups in total. The zero-order chi connectivity index (χ0) is 17.6. The standard InChI is InChI=1S/C18H34N4O2/c1-5-19-17(21-11-10-20-16(23)13(3)4)22-14-12-15(24-6-2)18(14)8-7-9-18/h13-15H,5-12H2,1-4H3,(H,20,23)(H2,19,21,22). The van der Waals surface area contributed by atoms with E-state index >= 15 is 0 Å². The fraction of sp³-hybridized carbons (Fsp3) is 0.889. The minimum Gasteiger partial charge on any atom is -0.378 e. The predicted octanol–water partition coefficient (Wildman–Crippen LogP) is 1.66. The summed E-state index contributed by atoms with van der Waals surface area (Å²) in [6, 6.07) is 0.450. The van der Waals surface area contributed by atoms with Gasteiger partial charge in [-0.2, -0.15) is 0 Å². The molecule has 2 saturated carbocycles. The molecule has 0 aromatic rings. The molecule has 0 bridgehead atoms. The molecule has 0 heterocycles. The smallest absolute Gasteiger partial charge is 0.222 e. The van der Waals surface area contributed by atoms with E-state index in [-0.39, 0.29) is 11.8 Å². The monoisotopic (exact) mass is 338 g/mol. The van der Waals surface area contributed by atoms with E-state index in [2.05, 4.69) is 34.8 Å². The van der Waals surface area contributed by atoms with Gasteiger partial charge in [-0.05, 0) is 33.1 Å². The first-order valence-corrected chi connectivity index (χ1v) is 9.47. The highest BCUT2D eigenvalue weighted by molar-refractivity contribution is 5.80. The molecule has 6 nitrogen and oxygen atoms in total. The zero-order valence-corrected chi connectivity index (χ0v) is 15.7. The Morgan fingerprint density at radius 1 is 1.29 bits per heavy atom. The van der Waals surface area contributed by atoms with Crippen molar-refractivity contribution >= 4 is 11.9 Å². The van der Waals surface area contributed by atoms with Gasteiger partial charge in [-0.25, -0.2) is 0 Å². The Kier molecular flexibility index (Phi) is 6.90. The van der Waals surface area contributed by atoms with Gasteiger partial charge in [-0.15, -0.1) is 0 Å². The lowest BCUT2D eigenvalue weighted by Gasteiger charge is -2.61. The Hall–Kier alpha value is -1.30. The van der Waals surface area contributed by atoms with Gasteiger partial charge in [0.25, 0.3) is 0 Å². The Morgan fingerprint density at radius 2 is 2.04 bits per heavy atom. The van der Waals surface area contributed by atoms with Gasteiger partial charge in [0.2, 0.25) is 5.91 Å². The maximum atomic E-state index is 11.6. The molecule has 2 fully saturated rings. The summed E-state index contributed by atoms with van der Waals surface area (Å²) in [6.45, 7) is 10.7. The van der Waals surface area contributed by atoms with Crippen molar-refractivity contribution in [3.05, 3.63) is 0 Å². The number of ether oxygens (including phenoxy) is 1. The van der Waals surface area contributed by atoms with Gasteiger partial charge < -0.3 is 20.7 Å². The highest BCUT2D eigenvalue weighted by Gasteiger charge is 2.59. The van der Waals surface area contributed by atoms with E-state index < -0.39 is 0 Å². The molecule has 24 heavy (non-hydrogen) atoms. The van der Waals surface area contributed by atoms with Crippen LogP contribution in [-0.4, -0.2) is 50.3 Å². The number of carbonyl (C=O) groups is 1. The molecule has 1 spiro atoms. The van der Waals surface area contributed by atoms with Crippen LogP contribution in [0.15, 0.2) is 4.99 Å². The minimum absolute atomic E-state index is 0.0179. The maximum Gasteiger partial charge on any atom is 0.222 e. The zero-order valence-electron chi connectivity index (χ0n) is 15.7. The van der Waals surface area contributed by atoms with Crippen LogP contribution in [0.25, 0.3) is 0 Å². The van der Waals surface area contributed by atoms with Gasteiger partial charge in [0.15, 0.2) is 5.96 Å². The number of rotatable bonds is 8. The van der Waals surface area contributed by atoms with E-state index in [1.807, 2.05) is 13.8 Å². The fourth-order valence-corrected chi connectivity index (χ4v) is 3.68. The molecule has 0 saturated heterocycles. The summed E-state index contributed by atoms with van der Waals surface area (Å²) in [5.74, 6) is 0.946. The van der Waals surface area contributed by atoms with Crippen LogP contribution in [0.5, 0.6) is 0 Å². The van der Waals surface area contributed by atoms with E-state index in [1.165, 1.54) is 19.3 Å². The van der Waals surface area contributed by atoms with Crippen molar-refractivity contribution in [1.82, 2.24) is 16.0 Å². The summed E-state index contributed by atoms with van der Waals surface area (Å²) in [5, 5.41) is 9.81. The van der Waals surface area contributed by atoms with Gasteiger partial charge in [0.05, 0.1) is 12.6 Å². The van der Waals surface area contributed by atoms with Crippen molar-refractivity contribution < 1.29 is 9.53 Å². The molecule has 2 aliphatic carbocycles. The van der Waals surface area contributed by atoms with Crippen molar-refractivity contribution in [3.8, 4) is 0 Å². The van der Waals surface area contributed by atoms with E-state index in [0.29, 0.717) is 30.7 Å². The molecule has 2 rings (SSSR count).